The van der Waals surface area contributed by atoms with E-state index in [4.69, 9.17) is 16.3 Å². The van der Waals surface area contributed by atoms with Gasteiger partial charge in [0.05, 0.1) is 7.05 Å². The standard InChI is InChI=1S/C16H25ClN2O2/c1-12-8-15(9-13(2)16(12)17)21-11-14(20)10-19-6-4-18(3)5-7-19/h8-9,14,20H,4-7,10-11H2,1-3H3/p+2. The van der Waals surface area contributed by atoms with Crippen molar-refractivity contribution >= 4 is 11.6 Å². The number of nitrogens with one attached hydrogen (secondary N) is 2. The van der Waals surface area contributed by atoms with Crippen LogP contribution >= 0.6 is 11.6 Å². The van der Waals surface area contributed by atoms with Crippen molar-refractivity contribution in [3.05, 3.63) is 28.3 Å². The molecule has 1 aliphatic rings. The second-order valence-electron chi connectivity index (χ2n) is 6.25. The van der Waals surface area contributed by atoms with E-state index in [1.807, 2.05) is 26.0 Å². The molecular formula is C16H27ClN2O2+2. The number of quaternary nitrogens is 2. The first kappa shape index (κ1) is 16.6. The van der Waals surface area contributed by atoms with Crippen LogP contribution in [-0.4, -0.2) is 57.6 Å². The van der Waals surface area contributed by atoms with Crippen LogP contribution in [0.2, 0.25) is 5.02 Å². The summed E-state index contributed by atoms with van der Waals surface area (Å²) in [6, 6.07) is 3.85. The lowest BCUT2D eigenvalue weighted by Crippen LogP contribution is -3.27. The highest BCUT2D eigenvalue weighted by molar-refractivity contribution is 6.32. The van der Waals surface area contributed by atoms with E-state index in [1.54, 1.807) is 4.90 Å². The van der Waals surface area contributed by atoms with Crippen LogP contribution in [0.1, 0.15) is 11.1 Å². The summed E-state index contributed by atoms with van der Waals surface area (Å²) in [6.07, 6.45) is -0.422. The molecule has 1 saturated heterocycles. The van der Waals surface area contributed by atoms with Gasteiger partial charge < -0.3 is 19.6 Å². The Morgan fingerprint density at radius 2 is 1.76 bits per heavy atom. The van der Waals surface area contributed by atoms with Crippen LogP contribution in [0.4, 0.5) is 0 Å². The number of benzene rings is 1. The normalized spacial score (nSPS) is 23.9. The average Bonchev–Trinajstić information content (AvgIpc) is 2.45. The van der Waals surface area contributed by atoms with Crippen LogP contribution < -0.4 is 14.5 Å². The topological polar surface area (TPSA) is 38.3 Å². The molecule has 0 spiro atoms. The molecule has 0 bridgehead atoms. The van der Waals surface area contributed by atoms with Crippen molar-refractivity contribution in [3.8, 4) is 5.75 Å². The van der Waals surface area contributed by atoms with Crippen LogP contribution in [0.5, 0.6) is 5.75 Å². The maximum atomic E-state index is 10.1. The zero-order valence-electron chi connectivity index (χ0n) is 13.2. The van der Waals surface area contributed by atoms with Gasteiger partial charge in [0.2, 0.25) is 0 Å². The number of piperazine rings is 1. The van der Waals surface area contributed by atoms with Gasteiger partial charge in [-0.2, -0.15) is 0 Å². The second-order valence-corrected chi connectivity index (χ2v) is 6.63. The summed E-state index contributed by atoms with van der Waals surface area (Å²) in [5.74, 6) is 0.784. The zero-order valence-corrected chi connectivity index (χ0v) is 14.0. The number of likely N-dealkylation sites (N-methyl/N-ethyl adjacent to an activating group) is 1. The van der Waals surface area contributed by atoms with E-state index in [2.05, 4.69) is 7.05 Å². The largest absolute Gasteiger partial charge is 0.491 e. The van der Waals surface area contributed by atoms with Gasteiger partial charge in [-0.15, -0.1) is 0 Å². The fraction of sp³-hybridized carbons (Fsp3) is 0.625. The smallest absolute Gasteiger partial charge is 0.137 e. The summed E-state index contributed by atoms with van der Waals surface area (Å²) in [5, 5.41) is 10.9. The number of aryl methyl sites for hydroxylation is 2. The molecule has 0 saturated carbocycles. The van der Waals surface area contributed by atoms with E-state index in [0.717, 1.165) is 41.5 Å². The van der Waals surface area contributed by atoms with Crippen LogP contribution in [0.3, 0.4) is 0 Å². The fourth-order valence-electron chi connectivity index (χ4n) is 2.81. The van der Waals surface area contributed by atoms with E-state index in [1.165, 1.54) is 18.0 Å². The van der Waals surface area contributed by atoms with Gasteiger partial charge in [-0.05, 0) is 37.1 Å². The molecule has 118 valence electrons. The Labute approximate surface area is 132 Å². The molecule has 4 nitrogen and oxygen atoms in total. The molecule has 1 aliphatic heterocycles. The van der Waals surface area contributed by atoms with E-state index >= 15 is 0 Å². The molecule has 0 aliphatic carbocycles. The highest BCUT2D eigenvalue weighted by atomic mass is 35.5. The molecule has 0 radical (unpaired) electrons. The number of ether oxygens (including phenoxy) is 1. The van der Waals surface area contributed by atoms with Crippen molar-refractivity contribution in [2.45, 2.75) is 20.0 Å². The summed E-state index contributed by atoms with van der Waals surface area (Å²) >= 11 is 6.14. The van der Waals surface area contributed by atoms with Crippen LogP contribution in [0, 0.1) is 13.8 Å². The molecule has 1 unspecified atom stereocenters. The molecular weight excluding hydrogens is 288 g/mol. The third kappa shape index (κ3) is 4.85. The van der Waals surface area contributed by atoms with Crippen molar-refractivity contribution in [1.29, 1.82) is 0 Å². The van der Waals surface area contributed by atoms with Crippen molar-refractivity contribution < 1.29 is 19.6 Å². The van der Waals surface area contributed by atoms with Gasteiger partial charge in [-0.25, -0.2) is 0 Å². The Bertz CT molecular complexity index is 450. The van der Waals surface area contributed by atoms with Crippen LogP contribution in [0.25, 0.3) is 0 Å². The lowest BCUT2D eigenvalue weighted by Gasteiger charge is -2.28. The number of aliphatic hydroxyl groups is 1. The third-order valence-electron chi connectivity index (χ3n) is 4.19. The minimum atomic E-state index is -0.422. The van der Waals surface area contributed by atoms with Crippen LogP contribution in [0.15, 0.2) is 12.1 Å². The fourth-order valence-corrected chi connectivity index (χ4v) is 2.92. The molecule has 0 aromatic heterocycles. The molecule has 3 N–H and O–H groups in total. The van der Waals surface area contributed by atoms with Crippen molar-refractivity contribution in [1.82, 2.24) is 0 Å². The minimum Gasteiger partial charge on any atom is -0.491 e. The first-order valence-corrected chi connectivity index (χ1v) is 8.06. The highest BCUT2D eigenvalue weighted by Gasteiger charge is 2.22. The van der Waals surface area contributed by atoms with Crippen LogP contribution in [-0.2, 0) is 0 Å². The predicted octanol–water partition coefficient (Wildman–Crippen LogP) is -0.890. The Hall–Kier alpha value is -0.810. The molecule has 1 atom stereocenters. The lowest BCUT2D eigenvalue weighted by molar-refractivity contribution is -1.00. The molecule has 0 amide bonds. The summed E-state index contributed by atoms with van der Waals surface area (Å²) in [6.45, 7) is 9.65. The molecule has 1 heterocycles. The number of hydrogen-bond acceptors (Lipinski definition) is 2. The summed E-state index contributed by atoms with van der Waals surface area (Å²) in [5.41, 5.74) is 2.02. The predicted molar refractivity (Wildman–Crippen MR) is 84.6 cm³/mol. The summed E-state index contributed by atoms with van der Waals surface area (Å²) < 4.78 is 5.72. The lowest BCUT2D eigenvalue weighted by atomic mass is 10.1. The van der Waals surface area contributed by atoms with E-state index in [9.17, 15) is 5.11 Å². The van der Waals surface area contributed by atoms with Crippen molar-refractivity contribution in [2.75, 3.05) is 46.4 Å². The van der Waals surface area contributed by atoms with E-state index in [0.29, 0.717) is 6.61 Å². The maximum Gasteiger partial charge on any atom is 0.137 e. The van der Waals surface area contributed by atoms with Gasteiger partial charge in [0.15, 0.2) is 0 Å². The monoisotopic (exact) mass is 314 g/mol. The van der Waals surface area contributed by atoms with Gasteiger partial charge in [0.1, 0.15) is 51.2 Å². The number of aliphatic hydroxyl groups excluding tert-OH is 1. The Kier molecular flexibility index (Phi) is 5.88. The molecule has 1 aromatic rings. The first-order chi connectivity index (χ1) is 9.95. The van der Waals surface area contributed by atoms with E-state index < -0.39 is 6.10 Å². The summed E-state index contributed by atoms with van der Waals surface area (Å²) in [7, 11) is 2.22. The van der Waals surface area contributed by atoms with Gasteiger partial charge >= 0.3 is 0 Å². The molecule has 5 heteroatoms. The average molecular weight is 315 g/mol. The molecule has 1 aromatic carbocycles. The van der Waals surface area contributed by atoms with E-state index in [-0.39, 0.29) is 0 Å². The Morgan fingerprint density at radius 3 is 2.33 bits per heavy atom. The highest BCUT2D eigenvalue weighted by Crippen LogP contribution is 2.25. The maximum absolute atomic E-state index is 10.1. The molecule has 2 rings (SSSR count). The Morgan fingerprint density at radius 1 is 1.19 bits per heavy atom. The van der Waals surface area contributed by atoms with Crippen molar-refractivity contribution in [2.24, 2.45) is 0 Å². The quantitative estimate of drug-likeness (QED) is 0.660. The minimum absolute atomic E-state index is 0.340. The SMILES string of the molecule is Cc1cc(OCC(O)C[NH+]2CC[NH+](C)CC2)cc(C)c1Cl. The van der Waals surface area contributed by atoms with Gasteiger partial charge in [-0.3, -0.25) is 0 Å². The van der Waals surface area contributed by atoms with Gasteiger partial charge in [0, 0.05) is 5.02 Å². The Balaban J connectivity index is 1.80. The van der Waals surface area contributed by atoms with Gasteiger partial charge in [-0.1, -0.05) is 11.6 Å². The number of halogens is 1. The number of rotatable bonds is 5. The summed E-state index contributed by atoms with van der Waals surface area (Å²) in [4.78, 5) is 3.05. The molecule has 1 fully saturated rings. The second kappa shape index (κ2) is 7.45. The van der Waals surface area contributed by atoms with Gasteiger partial charge in [0.25, 0.3) is 0 Å². The number of hydrogen-bond donors (Lipinski definition) is 3. The first-order valence-electron chi connectivity index (χ1n) is 7.68. The third-order valence-corrected chi connectivity index (χ3v) is 4.78. The molecule has 21 heavy (non-hydrogen) atoms. The van der Waals surface area contributed by atoms with Crippen molar-refractivity contribution in [3.63, 3.8) is 0 Å². The zero-order chi connectivity index (χ0) is 15.4.